The molecule has 0 fully saturated rings. The first-order valence-corrected chi connectivity index (χ1v) is 8.07. The molecule has 0 bridgehead atoms. The van der Waals surface area contributed by atoms with Crippen molar-refractivity contribution in [2.75, 3.05) is 0 Å². The van der Waals surface area contributed by atoms with Gasteiger partial charge in [-0.2, -0.15) is 0 Å². The number of benzene rings is 1. The second kappa shape index (κ2) is 7.48. The summed E-state index contributed by atoms with van der Waals surface area (Å²) in [6, 6.07) is 10.3. The van der Waals surface area contributed by atoms with Gasteiger partial charge in [0, 0.05) is 0 Å². The molecule has 0 radical (unpaired) electrons. The van der Waals surface area contributed by atoms with E-state index >= 15 is 0 Å². The molecule has 19 heavy (non-hydrogen) atoms. The fourth-order valence-corrected chi connectivity index (χ4v) is 3.50. The van der Waals surface area contributed by atoms with E-state index < -0.39 is 0 Å². The van der Waals surface area contributed by atoms with Crippen LogP contribution < -0.4 is 0 Å². The van der Waals surface area contributed by atoms with Crippen LogP contribution in [0.15, 0.2) is 30.3 Å². The van der Waals surface area contributed by atoms with Crippen LogP contribution in [0.3, 0.4) is 0 Å². The summed E-state index contributed by atoms with van der Waals surface area (Å²) in [7, 11) is 0.477. The molecule has 0 N–H and O–H groups in total. The van der Waals surface area contributed by atoms with Gasteiger partial charge in [0.15, 0.2) is 0 Å². The van der Waals surface area contributed by atoms with Crippen molar-refractivity contribution in [2.24, 2.45) is 5.41 Å². The van der Waals surface area contributed by atoms with Crippen molar-refractivity contribution in [3.05, 3.63) is 35.9 Å². The van der Waals surface area contributed by atoms with Crippen molar-refractivity contribution >= 4 is 16.5 Å². The molecule has 1 unspecified atom stereocenters. The molecule has 1 atom stereocenters. The van der Waals surface area contributed by atoms with Crippen LogP contribution in [0.25, 0.3) is 0 Å². The Labute approximate surface area is 120 Å². The van der Waals surface area contributed by atoms with Gasteiger partial charge in [0.25, 0.3) is 5.97 Å². The van der Waals surface area contributed by atoms with Crippen LogP contribution in [0.4, 0.5) is 0 Å². The summed E-state index contributed by atoms with van der Waals surface area (Å²) in [5.41, 5.74) is 0.878. The van der Waals surface area contributed by atoms with Gasteiger partial charge in [0.05, 0.1) is 5.41 Å². The average Bonchev–Trinajstić information content (AvgIpc) is 2.46. The minimum absolute atomic E-state index is 0.000722. The number of carbonyl (C=O) groups excluding carboxylic acids is 1. The van der Waals surface area contributed by atoms with Crippen LogP contribution in [0, 0.1) is 5.41 Å². The fourth-order valence-electron chi connectivity index (χ4n) is 3.10. The van der Waals surface area contributed by atoms with E-state index in [2.05, 4.69) is 32.9 Å². The summed E-state index contributed by atoms with van der Waals surface area (Å²) >= 11 is 0. The Morgan fingerprint density at radius 1 is 1.21 bits per heavy atom. The van der Waals surface area contributed by atoms with Crippen molar-refractivity contribution in [1.29, 1.82) is 0 Å². The first-order valence-electron chi connectivity index (χ1n) is 7.25. The highest BCUT2D eigenvalue weighted by Crippen LogP contribution is 2.44. The van der Waals surface area contributed by atoms with E-state index in [9.17, 15) is 4.79 Å². The van der Waals surface area contributed by atoms with E-state index in [0.717, 1.165) is 25.7 Å². The Kier molecular flexibility index (Phi) is 6.29. The summed E-state index contributed by atoms with van der Waals surface area (Å²) in [6.45, 7) is 6.45. The van der Waals surface area contributed by atoms with Gasteiger partial charge in [-0.25, -0.2) is 0 Å². The largest absolute Gasteiger partial charge is 0.528 e. The maximum Gasteiger partial charge on any atom is 0.298 e. The van der Waals surface area contributed by atoms with Crippen LogP contribution in [0.2, 0.25) is 0 Å². The number of carbonyl (C=O) groups is 1. The summed E-state index contributed by atoms with van der Waals surface area (Å²) < 4.78 is 5.26. The molecule has 106 valence electrons. The Hall–Kier alpha value is -1.09. The molecular formula is C16H26O2Si. The lowest BCUT2D eigenvalue weighted by Gasteiger charge is -2.37. The lowest BCUT2D eigenvalue weighted by Crippen LogP contribution is -2.37. The van der Waals surface area contributed by atoms with Crippen molar-refractivity contribution in [3.8, 4) is 0 Å². The van der Waals surface area contributed by atoms with Crippen LogP contribution in [-0.4, -0.2) is 16.5 Å². The van der Waals surface area contributed by atoms with E-state index in [1.54, 1.807) is 0 Å². The lowest BCUT2D eigenvalue weighted by molar-refractivity contribution is -0.148. The smallest absolute Gasteiger partial charge is 0.298 e. The third-order valence-corrected chi connectivity index (χ3v) is 4.48. The molecule has 0 aliphatic carbocycles. The molecule has 0 amide bonds. The Bertz CT molecular complexity index is 383. The third-order valence-electron chi connectivity index (χ3n) is 4.11. The molecule has 0 heterocycles. The van der Waals surface area contributed by atoms with Crippen LogP contribution >= 0.6 is 0 Å². The molecule has 0 spiro atoms. The van der Waals surface area contributed by atoms with E-state index in [0.29, 0.717) is 10.5 Å². The quantitative estimate of drug-likeness (QED) is 0.716. The van der Waals surface area contributed by atoms with Crippen LogP contribution in [0.1, 0.15) is 57.9 Å². The van der Waals surface area contributed by atoms with Crippen molar-refractivity contribution < 1.29 is 9.22 Å². The van der Waals surface area contributed by atoms with Gasteiger partial charge in [0.1, 0.15) is 0 Å². The zero-order valence-corrected chi connectivity index (χ0v) is 14.6. The van der Waals surface area contributed by atoms with E-state index in [1.165, 1.54) is 5.56 Å². The van der Waals surface area contributed by atoms with Gasteiger partial charge in [-0.3, -0.25) is 4.79 Å². The number of rotatable bonds is 7. The SMILES string of the molecule is CCCC(CCC)(C(=O)O[SiH3])C(C)c1ccccc1. The summed E-state index contributed by atoms with van der Waals surface area (Å²) in [6.07, 6.45) is 3.82. The summed E-state index contributed by atoms with van der Waals surface area (Å²) in [5, 5.41) is 0. The Morgan fingerprint density at radius 2 is 1.74 bits per heavy atom. The molecule has 0 aliphatic heterocycles. The van der Waals surface area contributed by atoms with E-state index in [1.807, 2.05) is 18.2 Å². The maximum atomic E-state index is 12.4. The molecule has 0 aromatic heterocycles. The van der Waals surface area contributed by atoms with Gasteiger partial charge in [-0.15, -0.1) is 0 Å². The molecule has 1 aromatic carbocycles. The summed E-state index contributed by atoms with van der Waals surface area (Å²) in [5.74, 6) is 0.203. The first-order chi connectivity index (χ1) is 9.12. The van der Waals surface area contributed by atoms with E-state index in [-0.39, 0.29) is 17.3 Å². The Balaban J connectivity index is 3.16. The lowest BCUT2D eigenvalue weighted by atomic mass is 9.67. The second-order valence-corrected chi connectivity index (χ2v) is 5.69. The number of hydrogen-bond acceptors (Lipinski definition) is 2. The zero-order valence-electron chi connectivity index (χ0n) is 12.6. The predicted octanol–water partition coefficient (Wildman–Crippen LogP) is 3.20. The highest BCUT2D eigenvalue weighted by Gasteiger charge is 2.43. The summed E-state index contributed by atoms with van der Waals surface area (Å²) in [4.78, 5) is 12.4. The highest BCUT2D eigenvalue weighted by atomic mass is 28.2. The Morgan fingerprint density at radius 3 is 2.16 bits per heavy atom. The highest BCUT2D eigenvalue weighted by molar-refractivity contribution is 6.06. The van der Waals surface area contributed by atoms with Crippen molar-refractivity contribution in [1.82, 2.24) is 0 Å². The van der Waals surface area contributed by atoms with Crippen molar-refractivity contribution in [2.45, 2.75) is 52.4 Å². The standard InChI is InChI=1S/C16H26O2Si/c1-4-11-16(12-5-2,15(17)18-19)13(3)14-9-7-6-8-10-14/h6-10,13H,4-5,11-12H2,1-3,19H3. The van der Waals surface area contributed by atoms with Gasteiger partial charge in [0.2, 0.25) is 10.5 Å². The molecule has 0 aliphatic rings. The van der Waals surface area contributed by atoms with Gasteiger partial charge >= 0.3 is 0 Å². The monoisotopic (exact) mass is 278 g/mol. The van der Waals surface area contributed by atoms with Crippen LogP contribution in [0.5, 0.6) is 0 Å². The average molecular weight is 278 g/mol. The third kappa shape index (κ3) is 3.47. The minimum Gasteiger partial charge on any atom is -0.528 e. The number of hydrogen-bond donors (Lipinski definition) is 0. The predicted molar refractivity (Wildman–Crippen MR) is 83.1 cm³/mol. The zero-order chi connectivity index (χ0) is 14.3. The fraction of sp³-hybridized carbons (Fsp3) is 0.562. The van der Waals surface area contributed by atoms with Crippen molar-refractivity contribution in [3.63, 3.8) is 0 Å². The molecule has 1 aromatic rings. The maximum absolute atomic E-state index is 12.4. The molecular weight excluding hydrogens is 252 g/mol. The molecule has 1 rings (SSSR count). The molecule has 2 nitrogen and oxygen atoms in total. The van der Waals surface area contributed by atoms with Gasteiger partial charge in [-0.1, -0.05) is 63.9 Å². The van der Waals surface area contributed by atoms with E-state index in [4.69, 9.17) is 4.43 Å². The molecule has 0 saturated carbocycles. The van der Waals surface area contributed by atoms with Gasteiger partial charge in [-0.05, 0) is 24.3 Å². The topological polar surface area (TPSA) is 26.3 Å². The molecule has 0 saturated heterocycles. The van der Waals surface area contributed by atoms with Crippen LogP contribution in [-0.2, 0) is 9.22 Å². The minimum atomic E-state index is -0.355. The molecule has 3 heteroatoms. The van der Waals surface area contributed by atoms with Gasteiger partial charge < -0.3 is 4.43 Å². The first kappa shape index (κ1) is 16.0. The normalized spacial score (nSPS) is 13.2. The second-order valence-electron chi connectivity index (χ2n) is 5.28.